The zero-order valence-electron chi connectivity index (χ0n) is 18.2. The molecule has 2 aliphatic rings. The van der Waals surface area contributed by atoms with Crippen LogP contribution in [0.15, 0.2) is 0 Å². The van der Waals surface area contributed by atoms with E-state index in [0.717, 1.165) is 25.7 Å². The number of rotatable bonds is 12. The highest BCUT2D eigenvalue weighted by Crippen LogP contribution is 2.36. The van der Waals surface area contributed by atoms with E-state index in [4.69, 9.17) is 18.9 Å². The van der Waals surface area contributed by atoms with Gasteiger partial charge in [-0.3, -0.25) is 4.79 Å². The van der Waals surface area contributed by atoms with Crippen molar-refractivity contribution in [2.24, 2.45) is 0 Å². The minimum Gasteiger partial charge on any atom is -0.463 e. The second-order valence-corrected chi connectivity index (χ2v) is 8.22. The van der Waals surface area contributed by atoms with Crippen LogP contribution in [0.4, 0.5) is 0 Å². The maximum atomic E-state index is 11.9. The van der Waals surface area contributed by atoms with Gasteiger partial charge in [0, 0.05) is 6.42 Å². The zero-order chi connectivity index (χ0) is 23.9. The molecule has 0 aromatic heterocycles. The molecule has 2 saturated heterocycles. The fraction of sp³-hybridized carbons (Fsp3) is 0.950. The van der Waals surface area contributed by atoms with Gasteiger partial charge in [0.15, 0.2) is 6.29 Å². The summed E-state index contributed by atoms with van der Waals surface area (Å²) in [5.74, 6) is -2.77. The molecule has 12 heteroatoms. The van der Waals surface area contributed by atoms with Crippen LogP contribution in [0.2, 0.25) is 0 Å². The van der Waals surface area contributed by atoms with Crippen molar-refractivity contribution in [2.45, 2.75) is 100 Å². The molecule has 7 N–H and O–H groups in total. The van der Waals surface area contributed by atoms with E-state index in [2.05, 4.69) is 6.92 Å². The number of carbonyl (C=O) groups excluding carboxylic acids is 1. The van der Waals surface area contributed by atoms with E-state index >= 15 is 0 Å². The summed E-state index contributed by atoms with van der Waals surface area (Å²) in [6, 6.07) is 0. The lowest BCUT2D eigenvalue weighted by Crippen LogP contribution is -2.62. The normalized spacial score (nSPS) is 39.9. The molecule has 2 heterocycles. The smallest absolute Gasteiger partial charge is 0.305 e. The molecule has 0 aliphatic carbocycles. The van der Waals surface area contributed by atoms with Crippen LogP contribution in [0, 0.1) is 0 Å². The van der Waals surface area contributed by atoms with Crippen LogP contribution in [0.1, 0.15) is 45.4 Å². The molecule has 0 saturated carbocycles. The largest absolute Gasteiger partial charge is 0.463 e. The van der Waals surface area contributed by atoms with Crippen LogP contribution in [0.3, 0.4) is 0 Å². The van der Waals surface area contributed by atoms with E-state index in [1.54, 1.807) is 0 Å². The first kappa shape index (κ1) is 27.3. The minimum absolute atomic E-state index is 0.186. The average molecular weight is 468 g/mol. The summed E-state index contributed by atoms with van der Waals surface area (Å²) in [5.41, 5.74) is 0. The SMILES string of the molecule is CCCCCCCC(=O)OC[C@@H]1O[C@H](O[C@]2(CO)O[C@H](CO)[C@H](O)[C@H]2O)[C@@H](O)[C@@H](O)[C@@H]1O. The van der Waals surface area contributed by atoms with Gasteiger partial charge in [-0.15, -0.1) is 0 Å². The Hall–Kier alpha value is -0.930. The topological polar surface area (TPSA) is 196 Å². The Kier molecular flexibility index (Phi) is 10.7. The van der Waals surface area contributed by atoms with Gasteiger partial charge in [0.25, 0.3) is 0 Å². The molecule has 0 amide bonds. The summed E-state index contributed by atoms with van der Waals surface area (Å²) in [7, 11) is 0. The number of aliphatic hydroxyl groups is 7. The van der Waals surface area contributed by atoms with Gasteiger partial charge in [-0.05, 0) is 6.42 Å². The summed E-state index contributed by atoms with van der Waals surface area (Å²) in [4.78, 5) is 11.9. The molecule has 32 heavy (non-hydrogen) atoms. The first-order valence-electron chi connectivity index (χ1n) is 11.0. The van der Waals surface area contributed by atoms with E-state index in [0.29, 0.717) is 6.42 Å². The molecule has 0 bridgehead atoms. The molecule has 0 aromatic carbocycles. The van der Waals surface area contributed by atoms with Gasteiger partial charge in [0.05, 0.1) is 6.61 Å². The van der Waals surface area contributed by atoms with Gasteiger partial charge in [0.1, 0.15) is 55.9 Å². The maximum Gasteiger partial charge on any atom is 0.305 e. The first-order chi connectivity index (χ1) is 15.2. The maximum absolute atomic E-state index is 11.9. The molecule has 2 rings (SSSR count). The van der Waals surface area contributed by atoms with Crippen LogP contribution in [-0.2, 0) is 23.7 Å². The van der Waals surface area contributed by atoms with E-state index in [9.17, 15) is 40.5 Å². The molecular formula is C20H36O12. The highest BCUT2D eigenvalue weighted by atomic mass is 16.8. The Bertz CT molecular complexity index is 577. The molecule has 0 aromatic rings. The second kappa shape index (κ2) is 12.5. The molecule has 0 unspecified atom stereocenters. The van der Waals surface area contributed by atoms with Crippen molar-refractivity contribution < 1.29 is 59.5 Å². The summed E-state index contributed by atoms with van der Waals surface area (Å²) in [6.45, 7) is -0.0163. The molecule has 0 spiro atoms. The van der Waals surface area contributed by atoms with Gasteiger partial charge in [-0.1, -0.05) is 32.6 Å². The quantitative estimate of drug-likeness (QED) is 0.118. The van der Waals surface area contributed by atoms with Crippen molar-refractivity contribution >= 4 is 5.97 Å². The third-order valence-corrected chi connectivity index (χ3v) is 5.78. The number of unbranched alkanes of at least 4 members (excludes halogenated alkanes) is 4. The standard InChI is InChI=1S/C20H36O12/c1-2-3-4-5-6-7-13(23)29-9-12-14(24)16(26)17(27)19(30-12)32-20(10-22)18(28)15(25)11(8-21)31-20/h11-12,14-19,21-22,24-28H,2-10H2,1H3/t11-,12+,14-,15+,16+,17+,18-,19-,20+/m1/s1. The highest BCUT2D eigenvalue weighted by Gasteiger charge is 2.58. The molecule has 9 atom stereocenters. The third-order valence-electron chi connectivity index (χ3n) is 5.78. The van der Waals surface area contributed by atoms with E-state index in [1.807, 2.05) is 0 Å². The number of carbonyl (C=O) groups is 1. The third kappa shape index (κ3) is 6.35. The lowest BCUT2D eigenvalue weighted by atomic mass is 9.99. The van der Waals surface area contributed by atoms with Crippen molar-refractivity contribution in [3.63, 3.8) is 0 Å². The van der Waals surface area contributed by atoms with Crippen LogP contribution in [-0.4, -0.2) is 116 Å². The molecular weight excluding hydrogens is 432 g/mol. The van der Waals surface area contributed by atoms with Crippen molar-refractivity contribution in [1.29, 1.82) is 0 Å². The number of esters is 1. The van der Waals surface area contributed by atoms with Crippen molar-refractivity contribution in [2.75, 3.05) is 19.8 Å². The fourth-order valence-electron chi connectivity index (χ4n) is 3.74. The van der Waals surface area contributed by atoms with E-state index in [-0.39, 0.29) is 6.42 Å². The molecule has 2 aliphatic heterocycles. The van der Waals surface area contributed by atoms with E-state index < -0.39 is 80.6 Å². The number of hydrogen-bond acceptors (Lipinski definition) is 12. The van der Waals surface area contributed by atoms with Crippen molar-refractivity contribution in [1.82, 2.24) is 0 Å². The van der Waals surface area contributed by atoms with Crippen LogP contribution in [0.5, 0.6) is 0 Å². The Labute approximate surface area is 186 Å². The van der Waals surface area contributed by atoms with Crippen molar-refractivity contribution in [3.8, 4) is 0 Å². The Balaban J connectivity index is 1.96. The van der Waals surface area contributed by atoms with Crippen molar-refractivity contribution in [3.05, 3.63) is 0 Å². The number of aliphatic hydroxyl groups excluding tert-OH is 7. The Morgan fingerprint density at radius 2 is 1.59 bits per heavy atom. The molecule has 0 radical (unpaired) electrons. The summed E-state index contributed by atoms with van der Waals surface area (Å²) in [5, 5.41) is 69.7. The monoisotopic (exact) mass is 468 g/mol. The lowest BCUT2D eigenvalue weighted by Gasteiger charge is -2.43. The molecule has 188 valence electrons. The van der Waals surface area contributed by atoms with Crippen LogP contribution >= 0.6 is 0 Å². The number of hydrogen-bond donors (Lipinski definition) is 7. The van der Waals surface area contributed by atoms with E-state index in [1.165, 1.54) is 0 Å². The van der Waals surface area contributed by atoms with Crippen LogP contribution < -0.4 is 0 Å². The summed E-state index contributed by atoms with van der Waals surface area (Å²) >= 11 is 0. The summed E-state index contributed by atoms with van der Waals surface area (Å²) < 4.78 is 21.2. The minimum atomic E-state index is -2.26. The Morgan fingerprint density at radius 1 is 0.906 bits per heavy atom. The van der Waals surface area contributed by atoms with Gasteiger partial charge in [-0.2, -0.15) is 0 Å². The second-order valence-electron chi connectivity index (χ2n) is 8.22. The molecule has 12 nitrogen and oxygen atoms in total. The summed E-state index contributed by atoms with van der Waals surface area (Å²) in [6.07, 6.45) is -7.98. The van der Waals surface area contributed by atoms with Gasteiger partial charge in [-0.25, -0.2) is 0 Å². The highest BCUT2D eigenvalue weighted by molar-refractivity contribution is 5.69. The Morgan fingerprint density at radius 3 is 2.19 bits per heavy atom. The predicted octanol–water partition coefficient (Wildman–Crippen LogP) is -2.48. The van der Waals surface area contributed by atoms with Gasteiger partial charge < -0.3 is 54.7 Å². The lowest BCUT2D eigenvalue weighted by molar-refractivity contribution is -0.383. The zero-order valence-corrected chi connectivity index (χ0v) is 18.2. The van der Waals surface area contributed by atoms with Gasteiger partial charge in [0.2, 0.25) is 5.79 Å². The predicted molar refractivity (Wildman–Crippen MR) is 106 cm³/mol. The average Bonchev–Trinajstić information content (AvgIpc) is 3.03. The molecule has 2 fully saturated rings. The fourth-order valence-corrected chi connectivity index (χ4v) is 3.74. The van der Waals surface area contributed by atoms with Crippen LogP contribution in [0.25, 0.3) is 0 Å². The van der Waals surface area contributed by atoms with Gasteiger partial charge >= 0.3 is 5.97 Å². The number of ether oxygens (including phenoxy) is 4. The first-order valence-corrected chi connectivity index (χ1v) is 11.0.